The minimum absolute atomic E-state index is 0.137. The first-order valence-electron chi connectivity index (χ1n) is 9.32. The van der Waals surface area contributed by atoms with Gasteiger partial charge in [-0.05, 0) is 48.6 Å². The topological polar surface area (TPSA) is 101 Å². The number of para-hydroxylation sites is 1. The molecule has 0 aliphatic heterocycles. The molecule has 2 N–H and O–H groups in total. The zero-order valence-corrected chi connectivity index (χ0v) is 16.2. The summed E-state index contributed by atoms with van der Waals surface area (Å²) in [4.78, 5) is 31.7. The number of carbonyl (C=O) groups is 1. The summed E-state index contributed by atoms with van der Waals surface area (Å²) in [6.07, 6.45) is 0.484. The van der Waals surface area contributed by atoms with Gasteiger partial charge in [-0.25, -0.2) is 0 Å². The fourth-order valence-electron chi connectivity index (χ4n) is 3.10. The fraction of sp³-hybridized carbons (Fsp3) is 0.182. The molecule has 0 spiro atoms. The van der Waals surface area contributed by atoms with Crippen molar-refractivity contribution < 1.29 is 9.32 Å². The number of benzene rings is 2. The molecule has 0 fully saturated rings. The number of aromatic amines is 1. The van der Waals surface area contributed by atoms with Crippen LogP contribution in [0.5, 0.6) is 0 Å². The maximum atomic E-state index is 12.3. The van der Waals surface area contributed by atoms with Gasteiger partial charge in [-0.2, -0.15) is 4.98 Å². The van der Waals surface area contributed by atoms with E-state index >= 15 is 0 Å². The highest BCUT2D eigenvalue weighted by Gasteiger charge is 2.14. The average Bonchev–Trinajstić information content (AvgIpc) is 3.18. The average molecular weight is 388 g/mol. The molecular formula is C22H20N4O3. The lowest BCUT2D eigenvalue weighted by Gasteiger charge is -2.09. The lowest BCUT2D eigenvalue weighted by atomic mass is 10.1. The standard InChI is InChI=1S/C22H20N4O3/c1-13-6-5-9-17(14(13)2)23-19(27)10-11-20-25-21(26-29-20)16-12-15-7-3-4-8-18(15)24-22(16)28/h3-9,12H,10-11H2,1-2H3,(H,23,27)(H,24,28). The molecule has 0 aliphatic carbocycles. The minimum atomic E-state index is -0.288. The largest absolute Gasteiger partial charge is 0.339 e. The van der Waals surface area contributed by atoms with Gasteiger partial charge >= 0.3 is 0 Å². The Bertz CT molecular complexity index is 1260. The van der Waals surface area contributed by atoms with E-state index in [1.54, 1.807) is 6.07 Å². The molecule has 146 valence electrons. The van der Waals surface area contributed by atoms with Crippen LogP contribution in [0.4, 0.5) is 5.69 Å². The molecule has 29 heavy (non-hydrogen) atoms. The highest BCUT2D eigenvalue weighted by molar-refractivity contribution is 5.91. The Kier molecular flexibility index (Phi) is 4.95. The Labute approximate surface area is 166 Å². The number of amides is 1. The molecule has 0 saturated carbocycles. The molecule has 2 aromatic heterocycles. The summed E-state index contributed by atoms with van der Waals surface area (Å²) >= 11 is 0. The van der Waals surface area contributed by atoms with Gasteiger partial charge in [-0.15, -0.1) is 0 Å². The molecule has 4 aromatic rings. The van der Waals surface area contributed by atoms with Crippen LogP contribution in [-0.4, -0.2) is 21.0 Å². The first-order chi connectivity index (χ1) is 14.0. The van der Waals surface area contributed by atoms with Crippen LogP contribution in [0.2, 0.25) is 0 Å². The van der Waals surface area contributed by atoms with Crippen molar-refractivity contribution >= 4 is 22.5 Å². The van der Waals surface area contributed by atoms with Gasteiger partial charge in [0.1, 0.15) is 0 Å². The molecule has 4 rings (SSSR count). The van der Waals surface area contributed by atoms with E-state index in [0.717, 1.165) is 27.7 Å². The quantitative estimate of drug-likeness (QED) is 0.542. The van der Waals surface area contributed by atoms with Crippen LogP contribution < -0.4 is 10.9 Å². The molecule has 0 unspecified atom stereocenters. The summed E-state index contributed by atoms with van der Waals surface area (Å²) < 4.78 is 5.24. The van der Waals surface area contributed by atoms with Gasteiger partial charge in [0.15, 0.2) is 0 Å². The van der Waals surface area contributed by atoms with Crippen LogP contribution >= 0.6 is 0 Å². The van der Waals surface area contributed by atoms with Crippen molar-refractivity contribution in [3.63, 3.8) is 0 Å². The number of aryl methyl sites for hydroxylation is 2. The Balaban J connectivity index is 1.46. The van der Waals surface area contributed by atoms with Crippen LogP contribution in [-0.2, 0) is 11.2 Å². The summed E-state index contributed by atoms with van der Waals surface area (Å²) in [6, 6.07) is 15.0. The molecule has 2 heterocycles. The van der Waals surface area contributed by atoms with Gasteiger partial charge in [0.25, 0.3) is 5.56 Å². The number of carbonyl (C=O) groups excluding carboxylic acids is 1. The van der Waals surface area contributed by atoms with E-state index in [9.17, 15) is 9.59 Å². The predicted octanol–water partition coefficient (Wildman–Crippen LogP) is 3.77. The van der Waals surface area contributed by atoms with E-state index in [1.165, 1.54) is 0 Å². The van der Waals surface area contributed by atoms with E-state index in [1.807, 2.05) is 56.3 Å². The van der Waals surface area contributed by atoms with Gasteiger partial charge in [-0.1, -0.05) is 35.5 Å². The second-order valence-electron chi connectivity index (χ2n) is 6.91. The molecule has 1 amide bonds. The van der Waals surface area contributed by atoms with Gasteiger partial charge in [0, 0.05) is 24.0 Å². The number of hydrogen-bond donors (Lipinski definition) is 2. The van der Waals surface area contributed by atoms with E-state index in [4.69, 9.17) is 4.52 Å². The molecule has 0 saturated heterocycles. The Morgan fingerprint density at radius 1 is 1.14 bits per heavy atom. The van der Waals surface area contributed by atoms with Crippen LogP contribution in [0.15, 0.2) is 57.8 Å². The SMILES string of the molecule is Cc1cccc(NC(=O)CCc2nc(-c3cc4ccccc4[nH]c3=O)no2)c1C. The smallest absolute Gasteiger partial charge is 0.259 e. The zero-order chi connectivity index (χ0) is 20.4. The summed E-state index contributed by atoms with van der Waals surface area (Å²) in [6.45, 7) is 3.97. The van der Waals surface area contributed by atoms with Crippen molar-refractivity contribution in [1.29, 1.82) is 0 Å². The van der Waals surface area contributed by atoms with Crippen molar-refractivity contribution in [3.05, 3.63) is 75.9 Å². The van der Waals surface area contributed by atoms with Crippen molar-refractivity contribution in [2.75, 3.05) is 5.32 Å². The van der Waals surface area contributed by atoms with Crippen molar-refractivity contribution in [2.45, 2.75) is 26.7 Å². The van der Waals surface area contributed by atoms with E-state index in [0.29, 0.717) is 11.5 Å². The fourth-order valence-corrected chi connectivity index (χ4v) is 3.10. The molecule has 7 nitrogen and oxygen atoms in total. The molecule has 7 heteroatoms. The van der Waals surface area contributed by atoms with Crippen LogP contribution in [0.1, 0.15) is 23.4 Å². The monoisotopic (exact) mass is 388 g/mol. The number of anilines is 1. The number of hydrogen-bond acceptors (Lipinski definition) is 5. The number of nitrogens with one attached hydrogen (secondary N) is 2. The Morgan fingerprint density at radius 3 is 2.83 bits per heavy atom. The maximum absolute atomic E-state index is 12.3. The zero-order valence-electron chi connectivity index (χ0n) is 16.2. The third-order valence-electron chi connectivity index (χ3n) is 4.91. The predicted molar refractivity (Wildman–Crippen MR) is 111 cm³/mol. The summed E-state index contributed by atoms with van der Waals surface area (Å²) in [5.74, 6) is 0.382. The van der Waals surface area contributed by atoms with Gasteiger partial charge in [-0.3, -0.25) is 9.59 Å². The molecule has 0 radical (unpaired) electrons. The number of H-pyrrole nitrogens is 1. The summed E-state index contributed by atoms with van der Waals surface area (Å²) in [7, 11) is 0. The number of pyridine rings is 1. The van der Waals surface area contributed by atoms with Crippen LogP contribution in [0.3, 0.4) is 0 Å². The number of aromatic nitrogens is 3. The van der Waals surface area contributed by atoms with Crippen LogP contribution in [0, 0.1) is 13.8 Å². The highest BCUT2D eigenvalue weighted by atomic mass is 16.5. The third-order valence-corrected chi connectivity index (χ3v) is 4.91. The first-order valence-corrected chi connectivity index (χ1v) is 9.32. The van der Waals surface area contributed by atoms with Gasteiger partial charge in [0.2, 0.25) is 17.6 Å². The van der Waals surface area contributed by atoms with E-state index in [-0.39, 0.29) is 30.1 Å². The Hall–Kier alpha value is -3.74. The first kappa shape index (κ1) is 18.6. The number of fused-ring (bicyclic) bond motifs is 1. The normalized spacial score (nSPS) is 11.0. The number of nitrogens with zero attached hydrogens (tertiary/aromatic N) is 2. The van der Waals surface area contributed by atoms with Crippen LogP contribution in [0.25, 0.3) is 22.3 Å². The molecule has 2 aromatic carbocycles. The second kappa shape index (κ2) is 7.71. The van der Waals surface area contributed by atoms with Crippen molar-refractivity contribution in [3.8, 4) is 11.4 Å². The van der Waals surface area contributed by atoms with Gasteiger partial charge in [0.05, 0.1) is 5.56 Å². The van der Waals surface area contributed by atoms with E-state index in [2.05, 4.69) is 20.4 Å². The third kappa shape index (κ3) is 3.94. The van der Waals surface area contributed by atoms with E-state index < -0.39 is 0 Å². The molecule has 0 aliphatic rings. The molecule has 0 bridgehead atoms. The second-order valence-corrected chi connectivity index (χ2v) is 6.91. The van der Waals surface area contributed by atoms with Crippen molar-refractivity contribution in [2.24, 2.45) is 0 Å². The molecule has 0 atom stereocenters. The number of rotatable bonds is 5. The van der Waals surface area contributed by atoms with Gasteiger partial charge < -0.3 is 14.8 Å². The highest BCUT2D eigenvalue weighted by Crippen LogP contribution is 2.19. The van der Waals surface area contributed by atoms with Crippen molar-refractivity contribution in [1.82, 2.24) is 15.1 Å². The Morgan fingerprint density at radius 2 is 1.97 bits per heavy atom. The molecular weight excluding hydrogens is 368 g/mol. The lowest BCUT2D eigenvalue weighted by molar-refractivity contribution is -0.116. The maximum Gasteiger partial charge on any atom is 0.259 e. The summed E-state index contributed by atoms with van der Waals surface area (Å²) in [5.41, 5.74) is 3.74. The summed E-state index contributed by atoms with van der Waals surface area (Å²) in [5, 5.41) is 7.69. The lowest BCUT2D eigenvalue weighted by Crippen LogP contribution is -2.13. The minimum Gasteiger partial charge on any atom is -0.339 e.